The molecule has 0 radical (unpaired) electrons. The standard InChI is InChI=1S/C16H17N3O2/c1-12(14-8-5-9-20-14)17-11-16-18-15(19-21-16)10-13-6-3-2-4-7-13/h2-9,12,17H,10-11H2,1H3/t12-/m0/s1. The highest BCUT2D eigenvalue weighted by molar-refractivity contribution is 5.18. The summed E-state index contributed by atoms with van der Waals surface area (Å²) in [4.78, 5) is 4.39. The molecule has 1 N–H and O–H groups in total. The highest BCUT2D eigenvalue weighted by Gasteiger charge is 2.11. The van der Waals surface area contributed by atoms with Crippen LogP contribution in [0.15, 0.2) is 57.7 Å². The largest absolute Gasteiger partial charge is 0.468 e. The van der Waals surface area contributed by atoms with Crippen LogP contribution in [0.1, 0.15) is 36.0 Å². The molecular weight excluding hydrogens is 266 g/mol. The summed E-state index contributed by atoms with van der Waals surface area (Å²) in [5.41, 5.74) is 1.17. The Morgan fingerprint density at radius 3 is 2.76 bits per heavy atom. The van der Waals surface area contributed by atoms with Gasteiger partial charge >= 0.3 is 0 Å². The fourth-order valence-corrected chi connectivity index (χ4v) is 2.09. The molecule has 0 aliphatic rings. The molecule has 0 saturated carbocycles. The maximum absolute atomic E-state index is 5.34. The third kappa shape index (κ3) is 3.58. The highest BCUT2D eigenvalue weighted by Crippen LogP contribution is 2.13. The van der Waals surface area contributed by atoms with Gasteiger partial charge in [-0.15, -0.1) is 0 Å². The van der Waals surface area contributed by atoms with E-state index in [-0.39, 0.29) is 6.04 Å². The van der Waals surface area contributed by atoms with Crippen molar-refractivity contribution < 1.29 is 8.94 Å². The predicted octanol–water partition coefficient (Wildman–Crippen LogP) is 3.10. The number of aromatic nitrogens is 2. The second-order valence-corrected chi connectivity index (χ2v) is 4.88. The summed E-state index contributed by atoms with van der Waals surface area (Å²) in [6.07, 6.45) is 2.34. The Morgan fingerprint density at radius 1 is 1.14 bits per heavy atom. The average molecular weight is 283 g/mol. The third-order valence-electron chi connectivity index (χ3n) is 3.24. The van der Waals surface area contributed by atoms with Crippen LogP contribution in [0.2, 0.25) is 0 Å². The van der Waals surface area contributed by atoms with Crippen LogP contribution in [0.5, 0.6) is 0 Å². The molecule has 0 fully saturated rings. The van der Waals surface area contributed by atoms with Crippen molar-refractivity contribution in [3.05, 3.63) is 71.8 Å². The molecule has 0 amide bonds. The first-order valence-corrected chi connectivity index (χ1v) is 6.93. The van der Waals surface area contributed by atoms with E-state index in [0.29, 0.717) is 24.7 Å². The molecule has 1 atom stereocenters. The maximum Gasteiger partial charge on any atom is 0.240 e. The van der Waals surface area contributed by atoms with Crippen molar-refractivity contribution in [1.29, 1.82) is 0 Å². The zero-order chi connectivity index (χ0) is 14.5. The van der Waals surface area contributed by atoms with Crippen LogP contribution in [0, 0.1) is 0 Å². The second kappa shape index (κ2) is 6.37. The average Bonchev–Trinajstić information content (AvgIpc) is 3.17. The van der Waals surface area contributed by atoms with Gasteiger partial charge in [0.25, 0.3) is 0 Å². The quantitative estimate of drug-likeness (QED) is 0.753. The molecule has 3 rings (SSSR count). The maximum atomic E-state index is 5.34. The SMILES string of the molecule is C[C@H](NCc1nc(Cc2ccccc2)no1)c1ccco1. The van der Waals surface area contributed by atoms with Gasteiger partial charge in [0.2, 0.25) is 5.89 Å². The lowest BCUT2D eigenvalue weighted by atomic mass is 10.1. The summed E-state index contributed by atoms with van der Waals surface area (Å²) in [7, 11) is 0. The van der Waals surface area contributed by atoms with Gasteiger partial charge in [-0.05, 0) is 24.6 Å². The highest BCUT2D eigenvalue weighted by atomic mass is 16.5. The molecule has 0 saturated heterocycles. The zero-order valence-electron chi connectivity index (χ0n) is 11.8. The Labute approximate surface area is 123 Å². The lowest BCUT2D eigenvalue weighted by molar-refractivity contribution is 0.347. The molecular formula is C16H17N3O2. The van der Waals surface area contributed by atoms with E-state index in [0.717, 1.165) is 5.76 Å². The summed E-state index contributed by atoms with van der Waals surface area (Å²) in [6, 6.07) is 14.0. The molecule has 1 aromatic carbocycles. The van der Waals surface area contributed by atoms with Crippen molar-refractivity contribution in [3.63, 3.8) is 0 Å². The van der Waals surface area contributed by atoms with Gasteiger partial charge in [0.1, 0.15) is 5.76 Å². The fraction of sp³-hybridized carbons (Fsp3) is 0.250. The van der Waals surface area contributed by atoms with Crippen molar-refractivity contribution in [2.75, 3.05) is 0 Å². The smallest absolute Gasteiger partial charge is 0.240 e. The number of hydrogen-bond acceptors (Lipinski definition) is 5. The van der Waals surface area contributed by atoms with E-state index in [1.807, 2.05) is 49.4 Å². The van der Waals surface area contributed by atoms with Gasteiger partial charge in [-0.3, -0.25) is 5.32 Å². The number of nitrogens with one attached hydrogen (secondary N) is 1. The Bertz CT molecular complexity index is 662. The minimum absolute atomic E-state index is 0.101. The number of hydrogen-bond donors (Lipinski definition) is 1. The van der Waals surface area contributed by atoms with Gasteiger partial charge in [-0.25, -0.2) is 0 Å². The first kappa shape index (κ1) is 13.6. The van der Waals surface area contributed by atoms with Gasteiger partial charge in [-0.2, -0.15) is 4.98 Å². The van der Waals surface area contributed by atoms with Crippen LogP contribution in [-0.4, -0.2) is 10.1 Å². The number of benzene rings is 1. The normalized spacial score (nSPS) is 12.4. The third-order valence-corrected chi connectivity index (χ3v) is 3.24. The lowest BCUT2D eigenvalue weighted by Crippen LogP contribution is -2.17. The van der Waals surface area contributed by atoms with E-state index in [2.05, 4.69) is 15.5 Å². The van der Waals surface area contributed by atoms with E-state index in [1.54, 1.807) is 6.26 Å². The molecule has 0 spiro atoms. The summed E-state index contributed by atoms with van der Waals surface area (Å²) in [5.74, 6) is 2.17. The molecule has 0 bridgehead atoms. The predicted molar refractivity (Wildman–Crippen MR) is 77.5 cm³/mol. The molecule has 108 valence electrons. The Morgan fingerprint density at radius 2 is 2.00 bits per heavy atom. The van der Waals surface area contributed by atoms with Crippen molar-refractivity contribution in [3.8, 4) is 0 Å². The molecule has 5 nitrogen and oxygen atoms in total. The molecule has 21 heavy (non-hydrogen) atoms. The second-order valence-electron chi connectivity index (χ2n) is 4.88. The number of nitrogens with zero attached hydrogens (tertiary/aromatic N) is 2. The molecule has 2 aromatic heterocycles. The first-order valence-electron chi connectivity index (χ1n) is 6.93. The summed E-state index contributed by atoms with van der Waals surface area (Å²) in [6.45, 7) is 2.55. The number of rotatable bonds is 6. The lowest BCUT2D eigenvalue weighted by Gasteiger charge is -2.08. The van der Waals surface area contributed by atoms with Crippen LogP contribution in [0.3, 0.4) is 0 Å². The summed E-state index contributed by atoms with van der Waals surface area (Å²) >= 11 is 0. The molecule has 2 heterocycles. The van der Waals surface area contributed by atoms with Gasteiger partial charge < -0.3 is 8.94 Å². The summed E-state index contributed by atoms with van der Waals surface area (Å²) < 4.78 is 10.6. The van der Waals surface area contributed by atoms with Gasteiger partial charge in [0.15, 0.2) is 5.82 Å². The van der Waals surface area contributed by atoms with Crippen LogP contribution in [0.25, 0.3) is 0 Å². The van der Waals surface area contributed by atoms with Crippen LogP contribution in [0.4, 0.5) is 0 Å². The monoisotopic (exact) mass is 283 g/mol. The molecule has 0 unspecified atom stereocenters. The van der Waals surface area contributed by atoms with Gasteiger partial charge in [0, 0.05) is 6.42 Å². The first-order chi connectivity index (χ1) is 10.3. The fourth-order valence-electron chi connectivity index (χ4n) is 2.09. The Balaban J connectivity index is 1.55. The Kier molecular flexibility index (Phi) is 4.12. The van der Waals surface area contributed by atoms with Crippen LogP contribution < -0.4 is 5.32 Å². The van der Waals surface area contributed by atoms with Gasteiger partial charge in [-0.1, -0.05) is 35.5 Å². The van der Waals surface area contributed by atoms with E-state index in [9.17, 15) is 0 Å². The summed E-state index contributed by atoms with van der Waals surface area (Å²) in [5, 5.41) is 7.29. The van der Waals surface area contributed by atoms with Crippen molar-refractivity contribution in [1.82, 2.24) is 15.5 Å². The van der Waals surface area contributed by atoms with Crippen LogP contribution in [-0.2, 0) is 13.0 Å². The van der Waals surface area contributed by atoms with Crippen molar-refractivity contribution in [2.45, 2.75) is 25.9 Å². The molecule has 0 aliphatic carbocycles. The minimum atomic E-state index is 0.101. The zero-order valence-corrected chi connectivity index (χ0v) is 11.8. The van der Waals surface area contributed by atoms with E-state index < -0.39 is 0 Å². The molecule has 0 aliphatic heterocycles. The van der Waals surface area contributed by atoms with Crippen molar-refractivity contribution >= 4 is 0 Å². The topological polar surface area (TPSA) is 64.1 Å². The Hall–Kier alpha value is -2.40. The van der Waals surface area contributed by atoms with E-state index in [4.69, 9.17) is 8.94 Å². The number of furan rings is 1. The van der Waals surface area contributed by atoms with Crippen LogP contribution >= 0.6 is 0 Å². The van der Waals surface area contributed by atoms with E-state index in [1.165, 1.54) is 5.56 Å². The minimum Gasteiger partial charge on any atom is -0.468 e. The molecule has 5 heteroatoms. The van der Waals surface area contributed by atoms with Crippen molar-refractivity contribution in [2.24, 2.45) is 0 Å². The van der Waals surface area contributed by atoms with E-state index >= 15 is 0 Å². The molecule has 3 aromatic rings. The van der Waals surface area contributed by atoms with Gasteiger partial charge in [0.05, 0.1) is 18.8 Å².